The fraction of sp³-hybridized carbons (Fsp3) is 0. The number of hydrogen-bond acceptors (Lipinski definition) is 3. The summed E-state index contributed by atoms with van der Waals surface area (Å²) < 4.78 is 4.65. The first kappa shape index (κ1) is 33.4. The van der Waals surface area contributed by atoms with E-state index >= 15 is 0 Å². The van der Waals surface area contributed by atoms with Crippen LogP contribution in [0.4, 0.5) is 0 Å². The van der Waals surface area contributed by atoms with Crippen molar-refractivity contribution >= 4 is 32.7 Å². The van der Waals surface area contributed by atoms with Crippen LogP contribution in [0, 0.1) is 0 Å². The van der Waals surface area contributed by atoms with Crippen molar-refractivity contribution in [2.45, 2.75) is 0 Å². The zero-order chi connectivity index (χ0) is 38.4. The summed E-state index contributed by atoms with van der Waals surface area (Å²) in [7, 11) is 0. The fourth-order valence-electron chi connectivity index (χ4n) is 8.24. The van der Waals surface area contributed by atoms with Crippen molar-refractivity contribution in [3.05, 3.63) is 212 Å². The molecule has 0 radical (unpaired) electrons. The molecule has 58 heavy (non-hydrogen) atoms. The van der Waals surface area contributed by atoms with Crippen molar-refractivity contribution in [3.8, 4) is 67.8 Å². The van der Waals surface area contributed by atoms with Crippen molar-refractivity contribution in [1.29, 1.82) is 0 Å². The molecule has 8 aromatic carbocycles. The Morgan fingerprint density at radius 1 is 0.293 bits per heavy atom. The Balaban J connectivity index is 1.10. The highest BCUT2D eigenvalue weighted by Gasteiger charge is 2.19. The Bertz CT molecular complexity index is 3170. The Morgan fingerprint density at radius 2 is 0.776 bits per heavy atom. The van der Waals surface area contributed by atoms with Crippen LogP contribution in [0.3, 0.4) is 0 Å². The average molecular weight is 742 g/mol. The third kappa shape index (κ3) is 5.85. The van der Waals surface area contributed by atoms with Gasteiger partial charge in [-0.05, 0) is 76.9 Å². The van der Waals surface area contributed by atoms with Gasteiger partial charge in [0.2, 0.25) is 0 Å². The minimum atomic E-state index is 0.609. The first-order valence-corrected chi connectivity index (χ1v) is 19.5. The van der Waals surface area contributed by atoms with E-state index in [0.29, 0.717) is 17.5 Å². The third-order valence-electron chi connectivity index (χ3n) is 11.0. The highest BCUT2D eigenvalue weighted by atomic mass is 15.0. The zero-order valence-electron chi connectivity index (χ0n) is 31.4. The molecular weight excluding hydrogens is 707 g/mol. The van der Waals surface area contributed by atoms with E-state index in [1.54, 1.807) is 0 Å². The number of fused-ring (bicyclic) bond motifs is 5. The molecule has 0 fully saturated rings. The minimum absolute atomic E-state index is 0.609. The van der Waals surface area contributed by atoms with Crippen LogP contribution in [0.1, 0.15) is 0 Å². The lowest BCUT2D eigenvalue weighted by Gasteiger charge is -2.13. The van der Waals surface area contributed by atoms with Gasteiger partial charge in [0.25, 0.3) is 0 Å². The van der Waals surface area contributed by atoms with E-state index in [9.17, 15) is 0 Å². The van der Waals surface area contributed by atoms with E-state index < -0.39 is 0 Å². The monoisotopic (exact) mass is 741 g/mol. The molecule has 0 amide bonds. The molecule has 0 aliphatic rings. The molecule has 0 bridgehead atoms. The maximum Gasteiger partial charge on any atom is 0.164 e. The van der Waals surface area contributed by atoms with Crippen LogP contribution < -0.4 is 0 Å². The van der Waals surface area contributed by atoms with Crippen LogP contribution in [0.2, 0.25) is 0 Å². The largest absolute Gasteiger partial charge is 0.316 e. The Kier molecular flexibility index (Phi) is 8.07. The third-order valence-corrected chi connectivity index (χ3v) is 11.0. The average Bonchev–Trinajstić information content (AvgIpc) is 3.90. The van der Waals surface area contributed by atoms with Gasteiger partial charge in [-0.3, -0.25) is 0 Å². The molecule has 0 unspecified atom stereocenters. The molecule has 272 valence electrons. The van der Waals surface area contributed by atoms with Crippen molar-refractivity contribution in [1.82, 2.24) is 24.1 Å². The normalized spacial score (nSPS) is 11.4. The lowest BCUT2D eigenvalue weighted by molar-refractivity contribution is 1.07. The smallest absolute Gasteiger partial charge is 0.164 e. The second-order valence-electron chi connectivity index (χ2n) is 14.5. The molecule has 0 aliphatic carbocycles. The first-order chi connectivity index (χ1) is 28.7. The lowest BCUT2D eigenvalue weighted by Crippen LogP contribution is -2.01. The molecule has 0 aliphatic heterocycles. The van der Waals surface area contributed by atoms with Crippen LogP contribution in [-0.2, 0) is 0 Å². The molecule has 3 heterocycles. The van der Waals surface area contributed by atoms with Gasteiger partial charge < -0.3 is 9.13 Å². The van der Waals surface area contributed by atoms with Crippen LogP contribution >= 0.6 is 0 Å². The molecule has 3 aromatic heterocycles. The fourth-order valence-corrected chi connectivity index (χ4v) is 8.24. The number of nitrogens with zero attached hydrogens (tertiary/aromatic N) is 5. The molecule has 0 saturated carbocycles. The Labute approximate surface area is 335 Å². The maximum atomic E-state index is 5.21. The van der Waals surface area contributed by atoms with Gasteiger partial charge in [-0.2, -0.15) is 0 Å². The van der Waals surface area contributed by atoms with Crippen molar-refractivity contribution in [2.24, 2.45) is 0 Å². The first-order valence-electron chi connectivity index (χ1n) is 19.5. The van der Waals surface area contributed by atoms with Crippen LogP contribution in [0.15, 0.2) is 212 Å². The summed E-state index contributed by atoms with van der Waals surface area (Å²) in [6.45, 7) is 0. The van der Waals surface area contributed by atoms with E-state index in [4.69, 9.17) is 15.0 Å². The van der Waals surface area contributed by atoms with Gasteiger partial charge in [-0.1, -0.05) is 152 Å². The van der Waals surface area contributed by atoms with Gasteiger partial charge in [0.05, 0.1) is 16.6 Å². The lowest BCUT2D eigenvalue weighted by atomic mass is 10.0. The van der Waals surface area contributed by atoms with Crippen LogP contribution in [0.25, 0.3) is 101 Å². The standard InChI is InChI=1S/C53H35N5/c1-4-15-36(16-5-1)38-19-12-21-40(33-38)51-54-52(41-22-13-20-39(34-41)37-17-6-2-7-18-37)56-53(55-51)42-23-14-26-44(35-42)58-49-28-11-10-27-45(49)46-29-30-48-47(50(46)58)31-32-57(48)43-24-8-3-9-25-43/h1-35H. The SMILES string of the molecule is c1ccc(-c2cccc(-c3nc(-c4cccc(-c5ccccc5)c4)nc(-c4cccc(-n5c6ccccc6c6ccc7c(ccn7-c7ccccc7)c65)c4)n3)c2)cc1. The molecule has 11 aromatic rings. The Morgan fingerprint density at radius 3 is 1.40 bits per heavy atom. The number of hydrogen-bond donors (Lipinski definition) is 0. The summed E-state index contributed by atoms with van der Waals surface area (Å²) in [5, 5.41) is 3.60. The molecule has 0 N–H and O–H groups in total. The van der Waals surface area contributed by atoms with Gasteiger partial charge in [-0.15, -0.1) is 0 Å². The van der Waals surface area contributed by atoms with Crippen molar-refractivity contribution in [2.75, 3.05) is 0 Å². The molecular formula is C53H35N5. The quantitative estimate of drug-likeness (QED) is 0.163. The Hall–Kier alpha value is -7.89. The topological polar surface area (TPSA) is 48.5 Å². The van der Waals surface area contributed by atoms with Gasteiger partial charge in [0.1, 0.15) is 0 Å². The van der Waals surface area contributed by atoms with Crippen molar-refractivity contribution < 1.29 is 0 Å². The van der Waals surface area contributed by atoms with E-state index in [1.807, 2.05) is 12.1 Å². The van der Waals surface area contributed by atoms with Gasteiger partial charge in [0.15, 0.2) is 17.5 Å². The molecule has 5 nitrogen and oxygen atoms in total. The number of benzene rings is 8. The van der Waals surface area contributed by atoms with Gasteiger partial charge >= 0.3 is 0 Å². The predicted octanol–water partition coefficient (Wildman–Crippen LogP) is 13.2. The number of aromatic nitrogens is 5. The van der Waals surface area contributed by atoms with E-state index in [2.05, 4.69) is 209 Å². The molecule has 0 saturated heterocycles. The van der Waals surface area contributed by atoms with E-state index in [0.717, 1.165) is 66.9 Å². The number of rotatable bonds is 7. The molecule has 0 spiro atoms. The second kappa shape index (κ2) is 14.0. The molecule has 5 heteroatoms. The van der Waals surface area contributed by atoms with E-state index in [1.165, 1.54) is 16.2 Å². The maximum absolute atomic E-state index is 5.21. The van der Waals surface area contributed by atoms with Crippen molar-refractivity contribution in [3.63, 3.8) is 0 Å². The van der Waals surface area contributed by atoms with Crippen LogP contribution in [0.5, 0.6) is 0 Å². The summed E-state index contributed by atoms with van der Waals surface area (Å²) in [4.78, 5) is 15.6. The predicted molar refractivity (Wildman–Crippen MR) is 238 cm³/mol. The highest BCUT2D eigenvalue weighted by Crippen LogP contribution is 2.38. The molecule has 11 rings (SSSR count). The summed E-state index contributed by atoms with van der Waals surface area (Å²) >= 11 is 0. The summed E-state index contributed by atoms with van der Waals surface area (Å²) in [6.07, 6.45) is 2.17. The summed E-state index contributed by atoms with van der Waals surface area (Å²) in [6, 6.07) is 72.3. The highest BCUT2D eigenvalue weighted by molar-refractivity contribution is 6.18. The summed E-state index contributed by atoms with van der Waals surface area (Å²) in [5.41, 5.74) is 12.9. The van der Waals surface area contributed by atoms with Gasteiger partial charge in [0, 0.05) is 50.4 Å². The van der Waals surface area contributed by atoms with E-state index in [-0.39, 0.29) is 0 Å². The summed E-state index contributed by atoms with van der Waals surface area (Å²) in [5.74, 6) is 1.85. The zero-order valence-corrected chi connectivity index (χ0v) is 31.4. The minimum Gasteiger partial charge on any atom is -0.316 e. The van der Waals surface area contributed by atoms with Crippen LogP contribution in [-0.4, -0.2) is 24.1 Å². The van der Waals surface area contributed by atoms with Gasteiger partial charge in [-0.25, -0.2) is 15.0 Å². The number of para-hydroxylation sites is 2. The second-order valence-corrected chi connectivity index (χ2v) is 14.5. The molecule has 0 atom stereocenters.